The lowest BCUT2D eigenvalue weighted by Crippen LogP contribution is -2.35. The molecular formula is C20H46N4O3. The van der Waals surface area contributed by atoms with Gasteiger partial charge in [-0.15, -0.1) is 0 Å². The molecule has 2 amide bonds. The smallest absolute Gasteiger partial charge is 0.207 e. The molecule has 0 aliphatic heterocycles. The van der Waals surface area contributed by atoms with Gasteiger partial charge in [-0.05, 0) is 39.3 Å². The van der Waals surface area contributed by atoms with E-state index >= 15 is 0 Å². The molecule has 0 saturated carbocycles. The van der Waals surface area contributed by atoms with Crippen molar-refractivity contribution in [2.75, 3.05) is 20.1 Å². The van der Waals surface area contributed by atoms with Gasteiger partial charge in [0.2, 0.25) is 12.8 Å². The van der Waals surface area contributed by atoms with E-state index in [1.54, 1.807) is 0 Å². The van der Waals surface area contributed by atoms with Crippen molar-refractivity contribution in [1.29, 1.82) is 0 Å². The molecule has 0 aromatic carbocycles. The van der Waals surface area contributed by atoms with Crippen LogP contribution in [0.4, 0.5) is 0 Å². The van der Waals surface area contributed by atoms with Gasteiger partial charge in [0.05, 0.1) is 6.54 Å². The van der Waals surface area contributed by atoms with Gasteiger partial charge in [0.25, 0.3) is 0 Å². The molecule has 0 rings (SSSR count). The number of hydrogen-bond donors (Lipinski definition) is 4. The zero-order valence-corrected chi connectivity index (χ0v) is 19.1. The summed E-state index contributed by atoms with van der Waals surface area (Å²) >= 11 is 0. The fourth-order valence-electron chi connectivity index (χ4n) is 1.51. The quantitative estimate of drug-likeness (QED) is 0.427. The Labute approximate surface area is 167 Å². The highest BCUT2D eigenvalue weighted by atomic mass is 16.1. The van der Waals surface area contributed by atoms with Gasteiger partial charge in [0.15, 0.2) is 5.78 Å². The molecule has 7 nitrogen and oxygen atoms in total. The van der Waals surface area contributed by atoms with Crippen molar-refractivity contribution in [1.82, 2.24) is 16.0 Å². The standard InChI is InChI=1S/C8H19N.C7H13NO2.C4H11N.CH3NO/c1-6(2)8(5)9-7(3)4;1-3-6(2)7(10)4-8-5-9;1-3-4-5-2;2-1-3/h6-9H,1-5H3;5-6H,3-4H2,1-2H3,(H,8,9);5H,3-4H2,1-2H3;1H,(H2,2,3). The second kappa shape index (κ2) is 26.8. The lowest BCUT2D eigenvalue weighted by molar-refractivity contribution is -0.123. The van der Waals surface area contributed by atoms with Crippen molar-refractivity contribution in [2.45, 2.75) is 80.3 Å². The first kappa shape index (κ1) is 33.1. The Morgan fingerprint density at radius 1 is 1.04 bits per heavy atom. The van der Waals surface area contributed by atoms with Gasteiger partial charge in [-0.1, -0.05) is 48.5 Å². The zero-order valence-electron chi connectivity index (χ0n) is 19.1. The summed E-state index contributed by atoms with van der Waals surface area (Å²) in [7, 11) is 1.96. The summed E-state index contributed by atoms with van der Waals surface area (Å²) in [6.07, 6.45) is 2.86. The topological polar surface area (TPSA) is 113 Å². The van der Waals surface area contributed by atoms with Crippen molar-refractivity contribution < 1.29 is 14.4 Å². The van der Waals surface area contributed by atoms with E-state index in [0.717, 1.165) is 18.9 Å². The predicted octanol–water partition coefficient (Wildman–Crippen LogP) is 2.09. The van der Waals surface area contributed by atoms with Gasteiger partial charge >= 0.3 is 0 Å². The van der Waals surface area contributed by atoms with Crippen LogP contribution in [0.2, 0.25) is 0 Å². The first-order valence-corrected chi connectivity index (χ1v) is 9.84. The molecule has 2 atom stereocenters. The van der Waals surface area contributed by atoms with Crippen molar-refractivity contribution in [2.24, 2.45) is 17.6 Å². The van der Waals surface area contributed by atoms with Crippen LogP contribution < -0.4 is 21.7 Å². The minimum Gasteiger partial charge on any atom is -0.372 e. The Kier molecular flexibility index (Phi) is 32.8. The van der Waals surface area contributed by atoms with E-state index in [1.165, 1.54) is 6.42 Å². The third-order valence-electron chi connectivity index (χ3n) is 3.62. The molecule has 0 aromatic heterocycles. The fourth-order valence-corrected chi connectivity index (χ4v) is 1.51. The molecule has 5 N–H and O–H groups in total. The molecule has 0 aliphatic carbocycles. The Morgan fingerprint density at radius 2 is 1.52 bits per heavy atom. The number of nitrogens with one attached hydrogen (secondary N) is 3. The SMILES string of the molecule is CC(C)NC(C)C(C)C.CCC(C)C(=O)CNC=O.CCCNC.NC=O. The summed E-state index contributed by atoms with van der Waals surface area (Å²) in [6, 6.07) is 1.26. The van der Waals surface area contributed by atoms with E-state index in [2.05, 4.69) is 63.2 Å². The molecule has 27 heavy (non-hydrogen) atoms. The lowest BCUT2D eigenvalue weighted by Gasteiger charge is -2.19. The van der Waals surface area contributed by atoms with Crippen LogP contribution in [0.15, 0.2) is 0 Å². The largest absolute Gasteiger partial charge is 0.372 e. The Hall–Kier alpha value is -1.47. The van der Waals surface area contributed by atoms with Crippen LogP contribution >= 0.6 is 0 Å². The average Bonchev–Trinajstić information content (AvgIpc) is 2.60. The van der Waals surface area contributed by atoms with Crippen LogP contribution in [0, 0.1) is 11.8 Å². The molecule has 0 spiro atoms. The predicted molar refractivity (Wildman–Crippen MR) is 116 cm³/mol. The number of carbonyl (C=O) groups is 3. The van der Waals surface area contributed by atoms with Crippen LogP contribution in [-0.2, 0) is 14.4 Å². The monoisotopic (exact) mass is 390 g/mol. The molecule has 0 aromatic rings. The van der Waals surface area contributed by atoms with Crippen LogP contribution in [-0.4, -0.2) is 50.8 Å². The number of carbonyl (C=O) groups excluding carboxylic acids is 3. The third kappa shape index (κ3) is 36.3. The van der Waals surface area contributed by atoms with Crippen molar-refractivity contribution in [3.8, 4) is 0 Å². The first-order chi connectivity index (χ1) is 12.6. The van der Waals surface area contributed by atoms with E-state index < -0.39 is 0 Å². The summed E-state index contributed by atoms with van der Waals surface area (Å²) in [5.41, 5.74) is 4.17. The maximum absolute atomic E-state index is 10.9. The van der Waals surface area contributed by atoms with Gasteiger partial charge in [0.1, 0.15) is 0 Å². The first-order valence-electron chi connectivity index (χ1n) is 9.84. The van der Waals surface area contributed by atoms with Gasteiger partial charge in [-0.3, -0.25) is 14.4 Å². The minimum absolute atomic E-state index is 0.0625. The number of rotatable bonds is 10. The third-order valence-corrected chi connectivity index (χ3v) is 3.62. The van der Waals surface area contributed by atoms with Gasteiger partial charge in [0, 0.05) is 18.0 Å². The molecule has 0 heterocycles. The molecule has 0 bridgehead atoms. The Balaban J connectivity index is -0.000000142. The van der Waals surface area contributed by atoms with E-state index in [9.17, 15) is 9.59 Å². The van der Waals surface area contributed by atoms with Crippen molar-refractivity contribution >= 4 is 18.6 Å². The molecule has 0 aliphatic rings. The highest BCUT2D eigenvalue weighted by Gasteiger charge is 2.08. The van der Waals surface area contributed by atoms with E-state index in [-0.39, 0.29) is 24.7 Å². The highest BCUT2D eigenvalue weighted by molar-refractivity contribution is 5.83. The molecular weight excluding hydrogens is 344 g/mol. The van der Waals surface area contributed by atoms with Crippen molar-refractivity contribution in [3.63, 3.8) is 0 Å². The van der Waals surface area contributed by atoms with Crippen LogP contribution in [0.3, 0.4) is 0 Å². The normalized spacial score (nSPS) is 11.5. The van der Waals surface area contributed by atoms with E-state index in [4.69, 9.17) is 4.79 Å². The van der Waals surface area contributed by atoms with Crippen LogP contribution in [0.1, 0.15) is 68.2 Å². The Morgan fingerprint density at radius 3 is 1.70 bits per heavy atom. The molecule has 2 unspecified atom stereocenters. The van der Waals surface area contributed by atoms with E-state index in [1.807, 2.05) is 20.9 Å². The summed E-state index contributed by atoms with van der Waals surface area (Å²) < 4.78 is 0. The summed E-state index contributed by atoms with van der Waals surface area (Å²) in [6.45, 7) is 18.3. The maximum Gasteiger partial charge on any atom is 0.207 e. The molecule has 0 saturated heterocycles. The lowest BCUT2D eigenvalue weighted by atomic mass is 10.0. The van der Waals surface area contributed by atoms with Crippen LogP contribution in [0.25, 0.3) is 0 Å². The van der Waals surface area contributed by atoms with Crippen molar-refractivity contribution in [3.05, 3.63) is 0 Å². The second-order valence-electron chi connectivity index (χ2n) is 6.87. The number of primary amides is 1. The zero-order chi connectivity index (χ0) is 22.3. The van der Waals surface area contributed by atoms with Gasteiger partial charge in [-0.2, -0.15) is 0 Å². The highest BCUT2D eigenvalue weighted by Crippen LogP contribution is 2.00. The molecule has 0 radical (unpaired) electrons. The number of Topliss-reactive ketones (excluding diaryl/α,β-unsaturated/α-hetero) is 1. The number of hydrogen-bond acceptors (Lipinski definition) is 5. The minimum atomic E-state index is 0.0625. The fraction of sp³-hybridized carbons (Fsp3) is 0.850. The molecule has 164 valence electrons. The van der Waals surface area contributed by atoms with Crippen LogP contribution in [0.5, 0.6) is 0 Å². The molecule has 0 fully saturated rings. The second-order valence-corrected chi connectivity index (χ2v) is 6.87. The van der Waals surface area contributed by atoms with Gasteiger partial charge < -0.3 is 21.7 Å². The average molecular weight is 391 g/mol. The Bertz CT molecular complexity index is 322. The summed E-state index contributed by atoms with van der Waals surface area (Å²) in [5.74, 6) is 0.898. The summed E-state index contributed by atoms with van der Waals surface area (Å²) in [5, 5.41) is 8.79. The number of ketones is 1. The number of amides is 2. The summed E-state index contributed by atoms with van der Waals surface area (Å²) in [4.78, 5) is 29.3. The van der Waals surface area contributed by atoms with Gasteiger partial charge in [-0.25, -0.2) is 0 Å². The molecule has 7 heteroatoms. The number of nitrogens with two attached hydrogens (primary N) is 1. The van der Waals surface area contributed by atoms with E-state index in [0.29, 0.717) is 18.5 Å². The maximum atomic E-state index is 10.9.